The first-order valence-electron chi connectivity index (χ1n) is 9.14. The van der Waals surface area contributed by atoms with Gasteiger partial charge in [-0.2, -0.15) is 0 Å². The summed E-state index contributed by atoms with van der Waals surface area (Å²) in [5.41, 5.74) is 5.19. The molecule has 0 aliphatic carbocycles. The highest BCUT2D eigenvalue weighted by Gasteiger charge is 2.15. The highest BCUT2D eigenvalue weighted by Crippen LogP contribution is 2.32. The van der Waals surface area contributed by atoms with Crippen molar-refractivity contribution in [1.82, 2.24) is 4.98 Å². The quantitative estimate of drug-likeness (QED) is 0.486. The third-order valence-electron chi connectivity index (χ3n) is 4.60. The highest BCUT2D eigenvalue weighted by atomic mass is 79.9. The number of anilines is 1. The minimum absolute atomic E-state index is 0.0419. The Morgan fingerprint density at radius 1 is 1.11 bits per heavy atom. The monoisotopic (exact) mass is 458 g/mol. The van der Waals surface area contributed by atoms with Gasteiger partial charge in [0.05, 0.1) is 5.69 Å². The topological polar surface area (TPSA) is 51.2 Å². The molecule has 1 amide bonds. The molecule has 0 bridgehead atoms. The summed E-state index contributed by atoms with van der Waals surface area (Å²) in [5, 5.41) is 3.47. The van der Waals surface area contributed by atoms with Gasteiger partial charge in [-0.25, -0.2) is 4.98 Å². The van der Waals surface area contributed by atoms with Gasteiger partial charge in [-0.3, -0.25) is 10.1 Å². The van der Waals surface area contributed by atoms with Gasteiger partial charge in [0.2, 0.25) is 0 Å². The van der Waals surface area contributed by atoms with Gasteiger partial charge in [0.1, 0.15) is 5.75 Å². The standard InChI is InChI=1S/C22H23BrN2O2S/c1-5-18-20(16-8-10-17(23)11-9-16)25-22(28-18)24-19(26)12-27-21-14(3)7-6-13(2)15(21)4/h6-11H,5,12H2,1-4H3,(H,24,25,26). The number of carbonyl (C=O) groups is 1. The molecule has 0 aliphatic rings. The van der Waals surface area contributed by atoms with E-state index in [1.165, 1.54) is 11.3 Å². The summed E-state index contributed by atoms with van der Waals surface area (Å²) in [4.78, 5) is 18.2. The molecule has 0 saturated heterocycles. The Balaban J connectivity index is 1.71. The molecule has 0 fully saturated rings. The lowest BCUT2D eigenvalue weighted by Gasteiger charge is -2.13. The van der Waals surface area contributed by atoms with E-state index in [9.17, 15) is 4.79 Å². The van der Waals surface area contributed by atoms with Crippen LogP contribution in [0.2, 0.25) is 0 Å². The lowest BCUT2D eigenvalue weighted by Crippen LogP contribution is -2.20. The van der Waals surface area contributed by atoms with E-state index in [0.29, 0.717) is 5.13 Å². The summed E-state index contributed by atoms with van der Waals surface area (Å²) in [6, 6.07) is 12.1. The number of rotatable bonds is 6. The minimum Gasteiger partial charge on any atom is -0.483 e. The summed E-state index contributed by atoms with van der Waals surface area (Å²) >= 11 is 4.96. The zero-order valence-corrected chi connectivity index (χ0v) is 18.8. The molecule has 0 radical (unpaired) electrons. The number of benzene rings is 2. The zero-order valence-electron chi connectivity index (χ0n) is 16.4. The molecule has 0 atom stereocenters. The maximum Gasteiger partial charge on any atom is 0.264 e. The Hall–Kier alpha value is -2.18. The van der Waals surface area contributed by atoms with Crippen LogP contribution in [0.15, 0.2) is 40.9 Å². The van der Waals surface area contributed by atoms with Crippen LogP contribution in [0.1, 0.15) is 28.5 Å². The summed E-state index contributed by atoms with van der Waals surface area (Å²) < 4.78 is 6.83. The molecular weight excluding hydrogens is 436 g/mol. The van der Waals surface area contributed by atoms with Gasteiger partial charge in [-0.1, -0.05) is 47.1 Å². The van der Waals surface area contributed by atoms with Gasteiger partial charge in [0, 0.05) is 14.9 Å². The van der Waals surface area contributed by atoms with Crippen LogP contribution in [-0.4, -0.2) is 17.5 Å². The van der Waals surface area contributed by atoms with Crippen molar-refractivity contribution in [2.24, 2.45) is 0 Å². The number of carbonyl (C=O) groups excluding carboxylic acids is 1. The zero-order chi connectivity index (χ0) is 20.3. The second kappa shape index (κ2) is 8.88. The van der Waals surface area contributed by atoms with Gasteiger partial charge in [-0.05, 0) is 56.0 Å². The van der Waals surface area contributed by atoms with Crippen molar-refractivity contribution in [3.63, 3.8) is 0 Å². The first-order chi connectivity index (χ1) is 13.4. The molecule has 6 heteroatoms. The van der Waals surface area contributed by atoms with E-state index in [-0.39, 0.29) is 12.5 Å². The molecule has 3 aromatic rings. The number of hydrogen-bond acceptors (Lipinski definition) is 4. The molecule has 0 saturated carbocycles. The molecule has 0 unspecified atom stereocenters. The summed E-state index contributed by atoms with van der Waals surface area (Å²) in [5.74, 6) is 0.568. The molecule has 1 heterocycles. The van der Waals surface area contributed by atoms with Crippen molar-refractivity contribution in [1.29, 1.82) is 0 Å². The van der Waals surface area contributed by atoms with E-state index in [1.54, 1.807) is 0 Å². The molecule has 0 aliphatic heterocycles. The fourth-order valence-corrected chi connectivity index (χ4v) is 4.12. The average Bonchev–Trinajstić information content (AvgIpc) is 3.08. The van der Waals surface area contributed by atoms with Crippen LogP contribution in [0.25, 0.3) is 11.3 Å². The normalized spacial score (nSPS) is 10.8. The first-order valence-corrected chi connectivity index (χ1v) is 10.7. The molecule has 0 spiro atoms. The molecule has 1 N–H and O–H groups in total. The van der Waals surface area contributed by atoms with Crippen LogP contribution in [0, 0.1) is 20.8 Å². The van der Waals surface area contributed by atoms with Crippen molar-refractivity contribution in [2.75, 3.05) is 11.9 Å². The summed E-state index contributed by atoms with van der Waals surface area (Å²) in [6.45, 7) is 8.08. The number of nitrogens with one attached hydrogen (secondary N) is 1. The Labute approximate surface area is 178 Å². The van der Waals surface area contributed by atoms with Crippen molar-refractivity contribution < 1.29 is 9.53 Å². The molecule has 28 heavy (non-hydrogen) atoms. The number of hydrogen-bond donors (Lipinski definition) is 1. The third kappa shape index (κ3) is 4.62. The molecular formula is C22H23BrN2O2S. The SMILES string of the molecule is CCc1sc(NC(=O)COc2c(C)ccc(C)c2C)nc1-c1ccc(Br)cc1. The predicted octanol–water partition coefficient (Wildman–Crippen LogP) is 6.08. The van der Waals surface area contributed by atoms with E-state index in [4.69, 9.17) is 4.74 Å². The van der Waals surface area contributed by atoms with E-state index in [1.807, 2.05) is 51.1 Å². The van der Waals surface area contributed by atoms with Crippen LogP contribution < -0.4 is 10.1 Å². The van der Waals surface area contributed by atoms with Crippen LogP contribution in [0.5, 0.6) is 5.75 Å². The number of halogens is 1. The number of aryl methyl sites for hydroxylation is 3. The third-order valence-corrected chi connectivity index (χ3v) is 6.25. The molecule has 1 aromatic heterocycles. The second-order valence-electron chi connectivity index (χ2n) is 6.64. The molecule has 4 nitrogen and oxygen atoms in total. The first kappa shape index (κ1) is 20.6. The lowest BCUT2D eigenvalue weighted by atomic mass is 10.1. The number of nitrogens with zero attached hydrogens (tertiary/aromatic N) is 1. The fourth-order valence-electron chi connectivity index (χ4n) is 2.92. The maximum atomic E-state index is 12.4. The molecule has 2 aromatic carbocycles. The van der Waals surface area contributed by atoms with Crippen molar-refractivity contribution in [3.05, 3.63) is 62.4 Å². The smallest absolute Gasteiger partial charge is 0.264 e. The van der Waals surface area contributed by atoms with Crippen molar-refractivity contribution in [2.45, 2.75) is 34.1 Å². The van der Waals surface area contributed by atoms with Crippen LogP contribution in [0.3, 0.4) is 0 Å². The van der Waals surface area contributed by atoms with E-state index >= 15 is 0 Å². The Kier molecular flexibility index (Phi) is 6.52. The Morgan fingerprint density at radius 3 is 2.46 bits per heavy atom. The van der Waals surface area contributed by atoms with Gasteiger partial charge >= 0.3 is 0 Å². The predicted molar refractivity (Wildman–Crippen MR) is 119 cm³/mol. The van der Waals surface area contributed by atoms with Crippen molar-refractivity contribution in [3.8, 4) is 17.0 Å². The van der Waals surface area contributed by atoms with E-state index in [2.05, 4.69) is 39.2 Å². The van der Waals surface area contributed by atoms with Gasteiger partial charge in [0.15, 0.2) is 11.7 Å². The van der Waals surface area contributed by atoms with Gasteiger partial charge in [-0.15, -0.1) is 11.3 Å². The summed E-state index contributed by atoms with van der Waals surface area (Å²) in [7, 11) is 0. The molecule has 3 rings (SSSR count). The Morgan fingerprint density at radius 2 is 1.79 bits per heavy atom. The van der Waals surface area contributed by atoms with E-state index in [0.717, 1.165) is 49.5 Å². The van der Waals surface area contributed by atoms with Crippen LogP contribution >= 0.6 is 27.3 Å². The largest absolute Gasteiger partial charge is 0.483 e. The Bertz CT molecular complexity index is 997. The summed E-state index contributed by atoms with van der Waals surface area (Å²) in [6.07, 6.45) is 0.858. The fraction of sp³-hybridized carbons (Fsp3) is 0.273. The number of ether oxygens (including phenoxy) is 1. The maximum absolute atomic E-state index is 12.4. The number of amides is 1. The lowest BCUT2D eigenvalue weighted by molar-refractivity contribution is -0.118. The van der Waals surface area contributed by atoms with Crippen LogP contribution in [0.4, 0.5) is 5.13 Å². The van der Waals surface area contributed by atoms with E-state index < -0.39 is 0 Å². The second-order valence-corrected chi connectivity index (χ2v) is 8.64. The number of thiazole rings is 1. The van der Waals surface area contributed by atoms with Gasteiger partial charge < -0.3 is 4.74 Å². The number of aromatic nitrogens is 1. The molecule has 146 valence electrons. The van der Waals surface area contributed by atoms with Gasteiger partial charge in [0.25, 0.3) is 5.91 Å². The minimum atomic E-state index is -0.209. The highest BCUT2D eigenvalue weighted by molar-refractivity contribution is 9.10. The average molecular weight is 459 g/mol. The van der Waals surface area contributed by atoms with Crippen molar-refractivity contribution >= 4 is 38.3 Å². The van der Waals surface area contributed by atoms with Crippen LogP contribution in [-0.2, 0) is 11.2 Å².